The van der Waals surface area contributed by atoms with E-state index in [4.69, 9.17) is 18.9 Å². The summed E-state index contributed by atoms with van der Waals surface area (Å²) in [5.74, 6) is 3.19. The second-order valence-corrected chi connectivity index (χ2v) is 15.0. The number of benzene rings is 4. The van der Waals surface area contributed by atoms with Crippen LogP contribution in [-0.2, 0) is 5.41 Å². The first-order valence-electron chi connectivity index (χ1n) is 15.2. The van der Waals surface area contributed by atoms with Crippen molar-refractivity contribution in [3.8, 4) is 23.0 Å². The normalized spacial score (nSPS) is 15.3. The molecule has 4 aromatic carbocycles. The van der Waals surface area contributed by atoms with Gasteiger partial charge in [-0.15, -0.1) is 0 Å². The largest absolute Gasteiger partial charge is 0.492 e. The van der Waals surface area contributed by atoms with Crippen LogP contribution < -0.4 is 18.9 Å². The average molecular weight is 681 g/mol. The van der Waals surface area contributed by atoms with E-state index in [0.29, 0.717) is 26.4 Å². The topological polar surface area (TPSA) is 36.9 Å². The quantitative estimate of drug-likeness (QED) is 0.0705. The molecule has 240 valence electrons. The van der Waals surface area contributed by atoms with Crippen molar-refractivity contribution in [2.24, 2.45) is 0 Å². The Morgan fingerprint density at radius 3 is 0.711 bits per heavy atom. The van der Waals surface area contributed by atoms with Gasteiger partial charge in [-0.2, -0.15) is 50.5 Å². The summed E-state index contributed by atoms with van der Waals surface area (Å²) >= 11 is 17.9. The zero-order valence-corrected chi connectivity index (χ0v) is 29.9. The third-order valence-corrected chi connectivity index (χ3v) is 7.71. The molecule has 0 aliphatic heterocycles. The van der Waals surface area contributed by atoms with E-state index in [-0.39, 0.29) is 21.0 Å². The van der Waals surface area contributed by atoms with E-state index >= 15 is 0 Å². The predicted molar refractivity (Wildman–Crippen MR) is 201 cm³/mol. The zero-order chi connectivity index (χ0) is 32.4. The van der Waals surface area contributed by atoms with Crippen LogP contribution in [0.2, 0.25) is 0 Å². The Hall–Kier alpha value is -2.52. The molecule has 4 nitrogen and oxygen atoms in total. The Bertz CT molecular complexity index is 1210. The summed E-state index contributed by atoms with van der Waals surface area (Å²) in [6, 6.07) is 33.4. The summed E-state index contributed by atoms with van der Waals surface area (Å²) in [6.45, 7) is 10.2. The van der Waals surface area contributed by atoms with Gasteiger partial charge in [-0.25, -0.2) is 0 Å². The summed E-state index contributed by atoms with van der Waals surface area (Å²) in [7, 11) is 0. The van der Waals surface area contributed by atoms with Gasteiger partial charge in [-0.05, 0) is 70.8 Å². The molecule has 4 rings (SSSR count). The minimum atomic E-state index is -0.685. The molecule has 0 radical (unpaired) electrons. The van der Waals surface area contributed by atoms with E-state index in [1.165, 1.54) is 0 Å². The molecule has 4 unspecified atom stereocenters. The molecule has 0 saturated carbocycles. The lowest BCUT2D eigenvalue weighted by Gasteiger charge is -2.37. The van der Waals surface area contributed by atoms with E-state index in [9.17, 15) is 0 Å². The van der Waals surface area contributed by atoms with Crippen LogP contribution in [0.5, 0.6) is 23.0 Å². The first-order chi connectivity index (χ1) is 21.6. The maximum Gasteiger partial charge on any atom is 0.119 e. The Morgan fingerprint density at radius 2 is 0.556 bits per heavy atom. The Balaban J connectivity index is 1.89. The summed E-state index contributed by atoms with van der Waals surface area (Å²) < 4.78 is 24.0. The van der Waals surface area contributed by atoms with Gasteiger partial charge in [0, 0.05) is 21.0 Å². The van der Waals surface area contributed by atoms with Crippen LogP contribution in [0.3, 0.4) is 0 Å². The van der Waals surface area contributed by atoms with Crippen molar-refractivity contribution >= 4 is 50.5 Å². The fourth-order valence-corrected chi connectivity index (χ4v) is 5.37. The second-order valence-electron chi connectivity index (χ2n) is 11.5. The molecule has 0 saturated heterocycles. The Kier molecular flexibility index (Phi) is 13.2. The van der Waals surface area contributed by atoms with E-state index in [1.54, 1.807) is 0 Å². The van der Waals surface area contributed by atoms with Gasteiger partial charge in [0.1, 0.15) is 23.0 Å². The third-order valence-electron chi connectivity index (χ3n) is 7.11. The maximum absolute atomic E-state index is 5.99. The van der Waals surface area contributed by atoms with Gasteiger partial charge in [-0.1, -0.05) is 76.2 Å². The molecule has 0 fully saturated rings. The van der Waals surface area contributed by atoms with E-state index in [0.717, 1.165) is 45.3 Å². The monoisotopic (exact) mass is 680 g/mol. The lowest BCUT2D eigenvalue weighted by atomic mass is 9.65. The third kappa shape index (κ3) is 9.74. The molecular formula is C37H44O4S4. The summed E-state index contributed by atoms with van der Waals surface area (Å²) in [5, 5.41) is 0.528. The standard InChI is InChI=1S/C37H44O4S4/c1-25(42)21-38-33-13-5-29(6-14-33)37(30-7-15-34(16-8-30)39-22-26(2)43,31-9-17-35(18-10-31)40-23-27(3)44)32-11-19-36(20-12-32)41-24-28(4)45/h5-20,25-28,42-45H,21-24H2,1-4H3. The first kappa shape index (κ1) is 35.3. The number of ether oxygens (including phenoxy) is 4. The molecule has 0 aromatic heterocycles. The summed E-state index contributed by atoms with van der Waals surface area (Å²) in [4.78, 5) is 0. The van der Waals surface area contributed by atoms with Gasteiger partial charge in [0.05, 0.1) is 31.8 Å². The van der Waals surface area contributed by atoms with Gasteiger partial charge >= 0.3 is 0 Å². The van der Waals surface area contributed by atoms with Gasteiger partial charge in [-0.3, -0.25) is 0 Å². The molecule has 4 aromatic rings. The van der Waals surface area contributed by atoms with Crippen molar-refractivity contribution in [2.45, 2.75) is 54.1 Å². The van der Waals surface area contributed by atoms with Crippen molar-refractivity contribution in [2.75, 3.05) is 26.4 Å². The molecule has 0 aliphatic rings. The van der Waals surface area contributed by atoms with Crippen LogP contribution >= 0.6 is 50.5 Å². The highest BCUT2D eigenvalue weighted by Crippen LogP contribution is 2.46. The highest BCUT2D eigenvalue weighted by Gasteiger charge is 2.38. The van der Waals surface area contributed by atoms with Crippen molar-refractivity contribution in [3.63, 3.8) is 0 Å². The molecule has 0 aliphatic carbocycles. The van der Waals surface area contributed by atoms with E-state index in [2.05, 4.69) is 99.0 Å². The molecule has 45 heavy (non-hydrogen) atoms. The van der Waals surface area contributed by atoms with Crippen LogP contribution in [0.1, 0.15) is 49.9 Å². The smallest absolute Gasteiger partial charge is 0.119 e. The van der Waals surface area contributed by atoms with Gasteiger partial charge < -0.3 is 18.9 Å². The number of hydrogen-bond acceptors (Lipinski definition) is 8. The van der Waals surface area contributed by atoms with E-state index < -0.39 is 5.41 Å². The molecule has 0 amide bonds. The SMILES string of the molecule is CC(S)COc1ccc(C(c2ccc(OCC(C)S)cc2)(c2ccc(OCC(C)S)cc2)c2ccc(OCC(C)S)cc2)cc1. The van der Waals surface area contributed by atoms with Crippen molar-refractivity contribution < 1.29 is 18.9 Å². The molecule has 4 atom stereocenters. The molecule has 8 heteroatoms. The lowest BCUT2D eigenvalue weighted by molar-refractivity contribution is 0.322. The number of thiol groups is 4. The molecule has 0 spiro atoms. The average Bonchev–Trinajstić information content (AvgIpc) is 3.03. The maximum atomic E-state index is 5.99. The molecule has 0 bridgehead atoms. The highest BCUT2D eigenvalue weighted by molar-refractivity contribution is 7.81. The summed E-state index contributed by atoms with van der Waals surface area (Å²) in [5.41, 5.74) is 3.65. The second kappa shape index (κ2) is 16.9. The van der Waals surface area contributed by atoms with Crippen LogP contribution in [0.15, 0.2) is 97.1 Å². The van der Waals surface area contributed by atoms with Gasteiger partial charge in [0.25, 0.3) is 0 Å². The molecule has 0 heterocycles. The first-order valence-corrected chi connectivity index (χ1v) is 17.3. The zero-order valence-electron chi connectivity index (χ0n) is 26.3. The van der Waals surface area contributed by atoms with Crippen LogP contribution in [-0.4, -0.2) is 47.4 Å². The predicted octanol–water partition coefficient (Wildman–Crippen LogP) is 8.86. The van der Waals surface area contributed by atoms with Gasteiger partial charge in [0.15, 0.2) is 0 Å². The minimum absolute atomic E-state index is 0.132. The molecular weight excluding hydrogens is 637 g/mol. The number of hydrogen-bond donors (Lipinski definition) is 4. The Labute approximate surface area is 290 Å². The summed E-state index contributed by atoms with van der Waals surface area (Å²) in [6.07, 6.45) is 0. The fraction of sp³-hybridized carbons (Fsp3) is 0.351. The molecule has 0 N–H and O–H groups in total. The van der Waals surface area contributed by atoms with Crippen molar-refractivity contribution in [1.82, 2.24) is 0 Å². The van der Waals surface area contributed by atoms with E-state index in [1.807, 2.05) is 76.2 Å². The highest BCUT2D eigenvalue weighted by atomic mass is 32.1. The number of rotatable bonds is 16. The van der Waals surface area contributed by atoms with Crippen molar-refractivity contribution in [3.05, 3.63) is 119 Å². The lowest BCUT2D eigenvalue weighted by Crippen LogP contribution is -2.31. The van der Waals surface area contributed by atoms with Crippen LogP contribution in [0.4, 0.5) is 0 Å². The van der Waals surface area contributed by atoms with Crippen molar-refractivity contribution in [1.29, 1.82) is 0 Å². The van der Waals surface area contributed by atoms with Gasteiger partial charge in [0.2, 0.25) is 0 Å². The Morgan fingerprint density at radius 1 is 0.378 bits per heavy atom. The fourth-order valence-electron chi connectivity index (χ4n) is 5.07. The van der Waals surface area contributed by atoms with Crippen LogP contribution in [0.25, 0.3) is 0 Å². The van der Waals surface area contributed by atoms with Crippen LogP contribution in [0, 0.1) is 0 Å². The minimum Gasteiger partial charge on any atom is -0.492 e.